The molecule has 5 aromatic rings. The summed E-state index contributed by atoms with van der Waals surface area (Å²) in [6.07, 6.45) is 9.73. The zero-order chi connectivity index (χ0) is 38.0. The molecule has 3 aromatic carbocycles. The summed E-state index contributed by atoms with van der Waals surface area (Å²) in [5.41, 5.74) is 1.49. The van der Waals surface area contributed by atoms with Gasteiger partial charge < -0.3 is 24.4 Å². The fourth-order valence-electron chi connectivity index (χ4n) is 8.93. The molecule has 5 heterocycles. The third-order valence-electron chi connectivity index (χ3n) is 11.6. The highest BCUT2D eigenvalue weighted by Gasteiger charge is 2.45. The molecule has 0 radical (unpaired) electrons. The van der Waals surface area contributed by atoms with E-state index in [-0.39, 0.29) is 28.5 Å². The molecule has 1 unspecified atom stereocenters. The van der Waals surface area contributed by atoms with E-state index in [1.807, 2.05) is 31.2 Å². The second-order valence-electron chi connectivity index (χ2n) is 15.4. The van der Waals surface area contributed by atoms with Crippen molar-refractivity contribution in [2.24, 2.45) is 0 Å². The van der Waals surface area contributed by atoms with Gasteiger partial charge in [-0.1, -0.05) is 36.4 Å². The lowest BCUT2D eigenvalue weighted by atomic mass is 9.91. The summed E-state index contributed by atoms with van der Waals surface area (Å²) in [5, 5.41) is 5.02. The molecule has 0 saturated carbocycles. The molecule has 286 valence electrons. The predicted molar refractivity (Wildman–Crippen MR) is 209 cm³/mol. The third-order valence-corrected chi connectivity index (χ3v) is 11.6. The lowest BCUT2D eigenvalue weighted by molar-refractivity contribution is -0.111. The number of fused-ring (bicyclic) bond motifs is 3. The number of pyridine rings is 1. The third kappa shape index (κ3) is 7.32. The Morgan fingerprint density at radius 2 is 1.80 bits per heavy atom. The number of benzene rings is 3. The van der Waals surface area contributed by atoms with Gasteiger partial charge in [-0.05, 0) is 112 Å². The summed E-state index contributed by atoms with van der Waals surface area (Å²) >= 11 is 0. The van der Waals surface area contributed by atoms with Crippen molar-refractivity contribution in [3.05, 3.63) is 83.8 Å². The van der Waals surface area contributed by atoms with Crippen LogP contribution in [0.4, 0.5) is 10.2 Å². The molecule has 3 aliphatic rings. The number of methoxy groups -OCH3 is 1. The first-order chi connectivity index (χ1) is 26.8. The molecule has 12 heteroatoms. The van der Waals surface area contributed by atoms with Crippen molar-refractivity contribution in [3.63, 3.8) is 0 Å². The van der Waals surface area contributed by atoms with Crippen molar-refractivity contribution in [2.45, 2.75) is 69.4 Å². The van der Waals surface area contributed by atoms with Crippen LogP contribution in [-0.2, 0) is 16.0 Å². The number of anilines is 1. The molecule has 2 aromatic heterocycles. The van der Waals surface area contributed by atoms with Crippen LogP contribution in [0.15, 0.2) is 66.9 Å². The molecule has 0 aliphatic carbocycles. The summed E-state index contributed by atoms with van der Waals surface area (Å²) in [4.78, 5) is 43.9. The Labute approximate surface area is 320 Å². The van der Waals surface area contributed by atoms with E-state index >= 15 is 4.39 Å². The average Bonchev–Trinajstić information content (AvgIpc) is 3.78. The van der Waals surface area contributed by atoms with E-state index in [0.29, 0.717) is 55.1 Å². The van der Waals surface area contributed by atoms with E-state index in [4.69, 9.17) is 29.2 Å². The summed E-state index contributed by atoms with van der Waals surface area (Å²) < 4.78 is 35.2. The molecule has 1 amide bonds. The minimum atomic E-state index is -0.627. The van der Waals surface area contributed by atoms with Gasteiger partial charge in [-0.2, -0.15) is 9.97 Å². The number of esters is 1. The zero-order valence-electron chi connectivity index (χ0n) is 31.5. The number of carbonyl (C=O) groups is 2. The fraction of sp³-hybridized carbons (Fsp3) is 0.419. The molecule has 3 saturated heterocycles. The molecule has 55 heavy (non-hydrogen) atoms. The molecule has 1 atom stereocenters. The van der Waals surface area contributed by atoms with Crippen molar-refractivity contribution >= 4 is 39.9 Å². The van der Waals surface area contributed by atoms with Gasteiger partial charge >= 0.3 is 12.0 Å². The first-order valence-corrected chi connectivity index (χ1v) is 19.3. The van der Waals surface area contributed by atoms with Gasteiger partial charge in [-0.25, -0.2) is 9.18 Å². The molecule has 3 fully saturated rings. The van der Waals surface area contributed by atoms with E-state index in [1.54, 1.807) is 49.7 Å². The molecule has 0 spiro atoms. The number of hydrogen-bond acceptors (Lipinski definition) is 10. The van der Waals surface area contributed by atoms with Crippen LogP contribution in [0.5, 0.6) is 11.8 Å². The van der Waals surface area contributed by atoms with E-state index in [9.17, 15) is 9.59 Å². The number of halogens is 1. The minimum absolute atomic E-state index is 0.0617. The Balaban J connectivity index is 1.26. The van der Waals surface area contributed by atoms with Gasteiger partial charge in [-0.15, -0.1) is 0 Å². The molecular formula is C43H47FN6O5. The number of hydrogen-bond donors (Lipinski definition) is 1. The first-order valence-electron chi connectivity index (χ1n) is 19.3. The number of aromatic nitrogens is 3. The number of rotatable bonds is 13. The number of ether oxygens (including phenoxy) is 3. The van der Waals surface area contributed by atoms with Gasteiger partial charge in [0.05, 0.1) is 22.0 Å². The van der Waals surface area contributed by atoms with E-state index in [2.05, 4.69) is 15.1 Å². The number of carbonyl (C=O) groups excluding carboxylic acids is 2. The maximum Gasteiger partial charge on any atom is 0.343 e. The number of aryl methyl sites for hydroxylation is 1. The van der Waals surface area contributed by atoms with Gasteiger partial charge in [0.2, 0.25) is 6.41 Å². The smallest absolute Gasteiger partial charge is 0.343 e. The summed E-state index contributed by atoms with van der Waals surface area (Å²) in [6, 6.07) is 18.3. The van der Waals surface area contributed by atoms with Crippen LogP contribution in [0.1, 0.15) is 67.8 Å². The first kappa shape index (κ1) is 36.8. The Morgan fingerprint density at radius 1 is 1.00 bits per heavy atom. The van der Waals surface area contributed by atoms with Crippen LogP contribution in [0.2, 0.25) is 0 Å². The monoisotopic (exact) mass is 746 g/mol. The van der Waals surface area contributed by atoms with Crippen molar-refractivity contribution in [3.8, 4) is 23.0 Å². The van der Waals surface area contributed by atoms with Crippen LogP contribution in [0.25, 0.3) is 32.9 Å². The summed E-state index contributed by atoms with van der Waals surface area (Å²) in [5.74, 6) is -0.364. The molecule has 3 aliphatic heterocycles. The van der Waals surface area contributed by atoms with E-state index in [0.717, 1.165) is 80.8 Å². The molecule has 8 rings (SSSR count). The van der Waals surface area contributed by atoms with Crippen molar-refractivity contribution in [1.82, 2.24) is 25.2 Å². The van der Waals surface area contributed by atoms with Gasteiger partial charge in [0, 0.05) is 38.6 Å². The summed E-state index contributed by atoms with van der Waals surface area (Å²) in [7, 11) is 1.67. The van der Waals surface area contributed by atoms with Crippen molar-refractivity contribution < 1.29 is 28.2 Å². The topological polar surface area (TPSA) is 119 Å². The fourth-order valence-corrected chi connectivity index (χ4v) is 8.93. The van der Waals surface area contributed by atoms with Gasteiger partial charge in [-0.3, -0.25) is 14.7 Å². The Morgan fingerprint density at radius 3 is 2.58 bits per heavy atom. The molecule has 1 N–H and O–H groups in total. The second-order valence-corrected chi connectivity index (χ2v) is 15.4. The Hall–Kier alpha value is -5.20. The van der Waals surface area contributed by atoms with Gasteiger partial charge in [0.25, 0.3) is 0 Å². The second kappa shape index (κ2) is 15.5. The lowest BCUT2D eigenvalue weighted by Crippen LogP contribution is -2.55. The Kier molecular flexibility index (Phi) is 10.4. The largest absolute Gasteiger partial charge is 0.461 e. The van der Waals surface area contributed by atoms with Crippen LogP contribution in [0.3, 0.4) is 0 Å². The molecular weight excluding hydrogens is 700 g/mol. The quantitative estimate of drug-likeness (QED) is 0.0591. The lowest BCUT2D eigenvalue weighted by Gasteiger charge is -2.41. The van der Waals surface area contributed by atoms with Gasteiger partial charge in [0.15, 0.2) is 5.82 Å². The van der Waals surface area contributed by atoms with Crippen LogP contribution in [-0.4, -0.2) is 89.8 Å². The summed E-state index contributed by atoms with van der Waals surface area (Å²) in [6.45, 7) is 6.23. The number of amides is 1. The maximum absolute atomic E-state index is 17.5. The van der Waals surface area contributed by atoms with Gasteiger partial charge in [0.1, 0.15) is 29.4 Å². The van der Waals surface area contributed by atoms with Crippen molar-refractivity contribution in [1.29, 1.82) is 0 Å². The maximum atomic E-state index is 17.5. The minimum Gasteiger partial charge on any atom is -0.461 e. The van der Waals surface area contributed by atoms with Crippen LogP contribution >= 0.6 is 0 Å². The predicted octanol–water partition coefficient (Wildman–Crippen LogP) is 6.89. The zero-order valence-corrected chi connectivity index (χ0v) is 31.5. The highest BCUT2D eigenvalue weighted by Crippen LogP contribution is 2.41. The molecule has 11 nitrogen and oxygen atoms in total. The van der Waals surface area contributed by atoms with E-state index < -0.39 is 17.3 Å². The highest BCUT2D eigenvalue weighted by atomic mass is 19.1. The normalized spacial score (nSPS) is 19.4. The number of piperidine rings is 1. The number of nitrogens with zero attached hydrogens (tertiary/aromatic N) is 5. The van der Waals surface area contributed by atoms with Crippen LogP contribution < -0.4 is 19.7 Å². The Bertz CT molecular complexity index is 2210. The molecule has 0 bridgehead atoms. The van der Waals surface area contributed by atoms with Crippen molar-refractivity contribution in [2.75, 3.05) is 51.4 Å². The SMILES string of the molecule is COCCCc1cccc2cc(OC(=O)c3ccccc3)cc(-c3ncc4c(N5CCCC(C)(NC=O)C5)nc(OCC56CCCN5CCC6)nc4c3F)c12. The highest BCUT2D eigenvalue weighted by molar-refractivity contribution is 6.02. The average molecular weight is 747 g/mol. The van der Waals surface area contributed by atoms with E-state index in [1.165, 1.54) is 0 Å². The standard InChI is InChI=1S/C43H47FN6O5/c1-42(46-28-51)16-8-19-49(26-42)39-34-25-45-37(36(44)38(34)47-41(48-39)54-27-43-17-9-20-50(43)21-10-18-43)33-24-32(55-40(52)30-11-4-3-5-12-30)23-31-14-6-13-29(35(31)33)15-7-22-53-2/h3-6,11-14,23-25,28H,7-10,15-22,26-27H2,1-2H3,(H,46,51). The number of nitrogens with one attached hydrogen (secondary N) is 1. The van der Waals surface area contributed by atoms with Crippen LogP contribution in [0, 0.1) is 5.82 Å².